The first-order valence-corrected chi connectivity index (χ1v) is 8.58. The van der Waals surface area contributed by atoms with Gasteiger partial charge in [-0.25, -0.2) is 0 Å². The van der Waals surface area contributed by atoms with Crippen molar-refractivity contribution < 1.29 is 9.21 Å². The molecule has 1 N–H and O–H groups in total. The zero-order chi connectivity index (χ0) is 16.8. The van der Waals surface area contributed by atoms with Crippen LogP contribution in [0.15, 0.2) is 53.1 Å². The topological polar surface area (TPSA) is 48.7 Å². The van der Waals surface area contributed by atoms with Gasteiger partial charge in [0.2, 0.25) is 5.91 Å². The summed E-state index contributed by atoms with van der Waals surface area (Å²) in [6, 6.07) is 14.3. The fourth-order valence-corrected chi connectivity index (χ4v) is 3.04. The van der Waals surface area contributed by atoms with Gasteiger partial charge in [0.15, 0.2) is 0 Å². The smallest absolute Gasteiger partial charge is 0.223 e. The van der Waals surface area contributed by atoms with Crippen molar-refractivity contribution in [2.45, 2.75) is 19.4 Å². The summed E-state index contributed by atoms with van der Waals surface area (Å²) in [6.07, 6.45) is 2.20. The largest absolute Gasteiger partial charge is 0.468 e. The SMILES string of the molecule is CC(NCCC(=O)N1CCN(c2ccccc2)CC1)c1ccco1. The quantitative estimate of drug-likeness (QED) is 0.886. The Morgan fingerprint density at radius 3 is 2.54 bits per heavy atom. The summed E-state index contributed by atoms with van der Waals surface area (Å²) in [5, 5.41) is 3.34. The summed E-state index contributed by atoms with van der Waals surface area (Å²) in [5.74, 6) is 1.13. The normalized spacial score (nSPS) is 16.2. The van der Waals surface area contributed by atoms with Crippen molar-refractivity contribution in [2.75, 3.05) is 37.6 Å². The van der Waals surface area contributed by atoms with E-state index in [1.807, 2.05) is 30.0 Å². The van der Waals surface area contributed by atoms with Gasteiger partial charge in [0.1, 0.15) is 5.76 Å². The number of rotatable bonds is 6. The molecule has 128 valence electrons. The number of piperazine rings is 1. The summed E-state index contributed by atoms with van der Waals surface area (Å²) in [4.78, 5) is 16.7. The number of carbonyl (C=O) groups is 1. The van der Waals surface area contributed by atoms with E-state index in [4.69, 9.17) is 4.42 Å². The van der Waals surface area contributed by atoms with E-state index >= 15 is 0 Å². The molecule has 0 bridgehead atoms. The first-order valence-electron chi connectivity index (χ1n) is 8.58. The van der Waals surface area contributed by atoms with Crippen LogP contribution in [0.2, 0.25) is 0 Å². The summed E-state index contributed by atoms with van der Waals surface area (Å²) in [6.45, 7) is 6.09. The molecule has 2 aromatic rings. The second kappa shape index (κ2) is 8.02. The van der Waals surface area contributed by atoms with E-state index in [9.17, 15) is 4.79 Å². The summed E-state index contributed by atoms with van der Waals surface area (Å²) in [5.41, 5.74) is 1.23. The molecule has 1 unspecified atom stereocenters. The molecular weight excluding hydrogens is 302 g/mol. The van der Waals surface area contributed by atoms with Gasteiger partial charge >= 0.3 is 0 Å². The second-order valence-corrected chi connectivity index (χ2v) is 6.14. The molecule has 1 amide bonds. The highest BCUT2D eigenvalue weighted by atomic mass is 16.3. The van der Waals surface area contributed by atoms with E-state index in [1.165, 1.54) is 5.69 Å². The highest BCUT2D eigenvalue weighted by molar-refractivity contribution is 5.76. The summed E-state index contributed by atoms with van der Waals surface area (Å²) in [7, 11) is 0. The highest BCUT2D eigenvalue weighted by Crippen LogP contribution is 2.16. The van der Waals surface area contributed by atoms with Gasteiger partial charge in [0.05, 0.1) is 12.3 Å². The van der Waals surface area contributed by atoms with Crippen molar-refractivity contribution in [1.29, 1.82) is 0 Å². The van der Waals surface area contributed by atoms with Crippen molar-refractivity contribution in [3.63, 3.8) is 0 Å². The zero-order valence-corrected chi connectivity index (χ0v) is 14.1. The lowest BCUT2D eigenvalue weighted by molar-refractivity contribution is -0.131. The van der Waals surface area contributed by atoms with Crippen LogP contribution in [-0.2, 0) is 4.79 Å². The molecule has 0 aliphatic carbocycles. The van der Waals surface area contributed by atoms with Crippen LogP contribution in [0.1, 0.15) is 25.1 Å². The van der Waals surface area contributed by atoms with Crippen LogP contribution in [0.25, 0.3) is 0 Å². The van der Waals surface area contributed by atoms with Crippen LogP contribution in [0.4, 0.5) is 5.69 Å². The van der Waals surface area contributed by atoms with Gasteiger partial charge in [-0.1, -0.05) is 18.2 Å². The highest BCUT2D eigenvalue weighted by Gasteiger charge is 2.21. The third kappa shape index (κ3) is 4.17. The number of furan rings is 1. The Morgan fingerprint density at radius 1 is 1.12 bits per heavy atom. The predicted octanol–water partition coefficient (Wildman–Crippen LogP) is 2.67. The van der Waals surface area contributed by atoms with Crippen molar-refractivity contribution in [3.8, 4) is 0 Å². The summed E-state index contributed by atoms with van der Waals surface area (Å²) >= 11 is 0. The monoisotopic (exact) mass is 327 g/mol. The number of anilines is 1. The molecular formula is C19H25N3O2. The number of hydrogen-bond acceptors (Lipinski definition) is 4. The Bertz CT molecular complexity index is 619. The minimum atomic E-state index is 0.128. The lowest BCUT2D eigenvalue weighted by atomic mass is 10.2. The molecule has 1 aromatic carbocycles. The molecule has 1 aliphatic heterocycles. The molecule has 1 saturated heterocycles. The summed E-state index contributed by atoms with van der Waals surface area (Å²) < 4.78 is 5.36. The van der Waals surface area contributed by atoms with Crippen molar-refractivity contribution in [2.24, 2.45) is 0 Å². The van der Waals surface area contributed by atoms with Gasteiger partial charge in [0, 0.05) is 44.8 Å². The second-order valence-electron chi connectivity index (χ2n) is 6.14. The number of para-hydroxylation sites is 1. The van der Waals surface area contributed by atoms with Gasteiger partial charge in [-0.05, 0) is 31.2 Å². The van der Waals surface area contributed by atoms with Gasteiger partial charge in [0.25, 0.3) is 0 Å². The zero-order valence-electron chi connectivity index (χ0n) is 14.1. The molecule has 1 aromatic heterocycles. The lowest BCUT2D eigenvalue weighted by Gasteiger charge is -2.36. The standard InChI is InChI=1S/C19H25N3O2/c1-16(18-8-5-15-24-18)20-10-9-19(23)22-13-11-21(12-14-22)17-6-3-2-4-7-17/h2-8,15-16,20H,9-14H2,1H3. The Morgan fingerprint density at radius 2 is 1.88 bits per heavy atom. The van der Waals surface area contributed by atoms with Gasteiger partial charge in [-0.3, -0.25) is 4.79 Å². The molecule has 5 heteroatoms. The first kappa shape index (κ1) is 16.6. The Kier molecular flexibility index (Phi) is 5.54. The van der Waals surface area contributed by atoms with Gasteiger partial charge in [-0.2, -0.15) is 0 Å². The van der Waals surface area contributed by atoms with Crippen LogP contribution >= 0.6 is 0 Å². The number of hydrogen-bond donors (Lipinski definition) is 1. The first-order chi connectivity index (χ1) is 11.7. The number of benzene rings is 1. The molecule has 5 nitrogen and oxygen atoms in total. The molecule has 0 saturated carbocycles. The molecule has 3 rings (SSSR count). The molecule has 1 aliphatic rings. The molecule has 24 heavy (non-hydrogen) atoms. The molecule has 0 spiro atoms. The van der Waals surface area contributed by atoms with Gasteiger partial charge < -0.3 is 19.5 Å². The fraction of sp³-hybridized carbons (Fsp3) is 0.421. The van der Waals surface area contributed by atoms with Crippen LogP contribution in [0, 0.1) is 0 Å². The minimum Gasteiger partial charge on any atom is -0.468 e. The van der Waals surface area contributed by atoms with Crippen LogP contribution in [-0.4, -0.2) is 43.5 Å². The molecule has 2 heterocycles. The third-order valence-electron chi connectivity index (χ3n) is 4.51. The maximum absolute atomic E-state index is 12.4. The van der Waals surface area contributed by atoms with Crippen LogP contribution in [0.3, 0.4) is 0 Å². The maximum Gasteiger partial charge on any atom is 0.223 e. The van der Waals surface area contributed by atoms with Crippen LogP contribution in [0.5, 0.6) is 0 Å². The molecule has 0 radical (unpaired) electrons. The van der Waals surface area contributed by atoms with Crippen molar-refractivity contribution >= 4 is 11.6 Å². The van der Waals surface area contributed by atoms with E-state index in [1.54, 1.807) is 6.26 Å². The average Bonchev–Trinajstić information content (AvgIpc) is 3.17. The van der Waals surface area contributed by atoms with Gasteiger partial charge in [-0.15, -0.1) is 0 Å². The van der Waals surface area contributed by atoms with E-state index in [2.05, 4.69) is 34.5 Å². The average molecular weight is 327 g/mol. The Labute approximate surface area is 143 Å². The van der Waals surface area contributed by atoms with E-state index in [-0.39, 0.29) is 11.9 Å². The number of amides is 1. The van der Waals surface area contributed by atoms with E-state index < -0.39 is 0 Å². The Hall–Kier alpha value is -2.27. The molecule has 1 atom stereocenters. The number of nitrogens with zero attached hydrogens (tertiary/aromatic N) is 2. The number of carbonyl (C=O) groups excluding carboxylic acids is 1. The minimum absolute atomic E-state index is 0.128. The van der Waals surface area contributed by atoms with Crippen LogP contribution < -0.4 is 10.2 Å². The number of nitrogens with one attached hydrogen (secondary N) is 1. The molecule has 1 fully saturated rings. The van der Waals surface area contributed by atoms with Crippen molar-refractivity contribution in [3.05, 3.63) is 54.5 Å². The maximum atomic E-state index is 12.4. The van der Waals surface area contributed by atoms with E-state index in [0.717, 1.165) is 31.9 Å². The van der Waals surface area contributed by atoms with Crippen molar-refractivity contribution in [1.82, 2.24) is 10.2 Å². The fourth-order valence-electron chi connectivity index (χ4n) is 3.04. The van der Waals surface area contributed by atoms with E-state index in [0.29, 0.717) is 13.0 Å². The third-order valence-corrected chi connectivity index (χ3v) is 4.51. The Balaban J connectivity index is 1.39. The lowest BCUT2D eigenvalue weighted by Crippen LogP contribution is -2.49. The predicted molar refractivity (Wildman–Crippen MR) is 95.0 cm³/mol.